The average Bonchev–Trinajstić information content (AvgIpc) is 3.62. The standard InChI is InChI=1S/C39H58FN7O2/c1-4-35(48)46-23-22-45(25-29(46)18-20-41)37-31-17-19-39(27-44(3)34-16-10-15-32(40)36(34)39)24-33(31)42-38(49-26-30-14-11-21-43(30)2)47(37)28-12-8-6-5-7-9-13-28/h4,10,15-16,28-31,33,37-38,42H,1,5-9,11-14,17-19,21-27H2,2-3H3/t29-,30-,31?,33?,37?,38?,39+/m1/s1. The lowest BCUT2D eigenvalue weighted by Crippen LogP contribution is -2.75. The van der Waals surface area contributed by atoms with Gasteiger partial charge in [-0.05, 0) is 76.7 Å². The summed E-state index contributed by atoms with van der Waals surface area (Å²) in [5.74, 6) is 0.145. The van der Waals surface area contributed by atoms with E-state index in [1.807, 2.05) is 11.0 Å². The minimum atomic E-state index is -0.249. The molecule has 1 aromatic rings. The molecule has 2 aliphatic carbocycles. The number of rotatable bonds is 7. The Morgan fingerprint density at radius 1 is 1.08 bits per heavy atom. The van der Waals surface area contributed by atoms with Crippen LogP contribution in [0.15, 0.2) is 30.9 Å². The molecule has 4 unspecified atom stereocenters. The molecule has 1 amide bonds. The molecule has 0 aromatic heterocycles. The highest BCUT2D eigenvalue weighted by Gasteiger charge is 2.56. The van der Waals surface area contributed by atoms with Gasteiger partial charge >= 0.3 is 0 Å². The van der Waals surface area contributed by atoms with Gasteiger partial charge in [-0.25, -0.2) is 9.29 Å². The van der Waals surface area contributed by atoms with Gasteiger partial charge in [-0.3, -0.25) is 15.0 Å². The molecule has 4 aliphatic heterocycles. The number of anilines is 1. The lowest BCUT2D eigenvalue weighted by molar-refractivity contribution is -0.216. The first kappa shape index (κ1) is 34.9. The molecule has 49 heavy (non-hydrogen) atoms. The van der Waals surface area contributed by atoms with Crippen LogP contribution >= 0.6 is 0 Å². The summed E-state index contributed by atoms with van der Waals surface area (Å²) < 4.78 is 22.9. The summed E-state index contributed by atoms with van der Waals surface area (Å²) in [6.07, 6.45) is 15.3. The second kappa shape index (κ2) is 15.0. The number of likely N-dealkylation sites (tertiary alicyclic amines) is 1. The largest absolute Gasteiger partial charge is 0.373 e. The number of benzene rings is 1. The number of carbonyl (C=O) groups is 1. The molecule has 10 heteroatoms. The van der Waals surface area contributed by atoms with Gasteiger partial charge in [0.1, 0.15) is 5.82 Å². The van der Waals surface area contributed by atoms with Crippen molar-refractivity contribution in [3.63, 3.8) is 0 Å². The van der Waals surface area contributed by atoms with Crippen LogP contribution in [0.3, 0.4) is 0 Å². The molecule has 3 saturated heterocycles. The Balaban J connectivity index is 1.25. The predicted molar refractivity (Wildman–Crippen MR) is 190 cm³/mol. The number of hydrogen-bond acceptors (Lipinski definition) is 8. The van der Waals surface area contributed by atoms with E-state index in [1.165, 1.54) is 44.6 Å². The molecule has 6 aliphatic rings. The lowest BCUT2D eigenvalue weighted by atomic mass is 9.63. The van der Waals surface area contributed by atoms with Crippen molar-refractivity contribution in [3.8, 4) is 6.07 Å². The first-order valence-corrected chi connectivity index (χ1v) is 19.2. The van der Waals surface area contributed by atoms with Crippen molar-refractivity contribution in [1.29, 1.82) is 5.26 Å². The van der Waals surface area contributed by atoms with E-state index in [0.717, 1.165) is 69.4 Å². The summed E-state index contributed by atoms with van der Waals surface area (Å²) in [5, 5.41) is 14.0. The van der Waals surface area contributed by atoms with Crippen LogP contribution in [0.25, 0.3) is 0 Å². The molecule has 1 spiro atoms. The number of fused-ring (bicyclic) bond motifs is 3. The highest BCUT2D eigenvalue weighted by Crippen LogP contribution is 2.53. The van der Waals surface area contributed by atoms with Crippen molar-refractivity contribution in [2.45, 2.75) is 126 Å². The van der Waals surface area contributed by atoms with E-state index < -0.39 is 0 Å². The highest BCUT2D eigenvalue weighted by atomic mass is 19.1. The van der Waals surface area contributed by atoms with Crippen molar-refractivity contribution in [2.24, 2.45) is 5.92 Å². The lowest BCUT2D eigenvalue weighted by Gasteiger charge is -2.60. The number of ether oxygens (including phenoxy) is 1. The van der Waals surface area contributed by atoms with Gasteiger partial charge in [0.15, 0.2) is 6.35 Å². The third-order valence-corrected chi connectivity index (χ3v) is 13.2. The minimum absolute atomic E-state index is 0.0803. The summed E-state index contributed by atoms with van der Waals surface area (Å²) >= 11 is 0. The third kappa shape index (κ3) is 6.79. The summed E-state index contributed by atoms with van der Waals surface area (Å²) in [6, 6.07) is 8.71. The maximum atomic E-state index is 15.8. The highest BCUT2D eigenvalue weighted by molar-refractivity contribution is 5.87. The molecule has 7 rings (SSSR count). The van der Waals surface area contributed by atoms with Crippen LogP contribution in [-0.4, -0.2) is 116 Å². The topological polar surface area (TPSA) is 78.3 Å². The van der Waals surface area contributed by atoms with Crippen LogP contribution in [0.5, 0.6) is 0 Å². The third-order valence-electron chi connectivity index (χ3n) is 13.2. The molecule has 0 bridgehead atoms. The maximum absolute atomic E-state index is 15.8. The fourth-order valence-corrected chi connectivity index (χ4v) is 10.8. The van der Waals surface area contributed by atoms with Crippen molar-refractivity contribution >= 4 is 11.6 Å². The Morgan fingerprint density at radius 2 is 1.88 bits per heavy atom. The van der Waals surface area contributed by atoms with E-state index in [4.69, 9.17) is 4.74 Å². The van der Waals surface area contributed by atoms with E-state index in [2.05, 4.69) is 57.7 Å². The molecule has 2 saturated carbocycles. The van der Waals surface area contributed by atoms with Gasteiger partial charge in [0, 0.05) is 73.9 Å². The number of carbonyl (C=O) groups excluding carboxylic acids is 1. The zero-order valence-electron chi connectivity index (χ0n) is 29.9. The smallest absolute Gasteiger partial charge is 0.246 e. The molecule has 0 radical (unpaired) electrons. The number of nitriles is 1. The van der Waals surface area contributed by atoms with E-state index in [9.17, 15) is 10.1 Å². The van der Waals surface area contributed by atoms with Gasteiger partial charge in [-0.2, -0.15) is 5.26 Å². The molecular weight excluding hydrogens is 617 g/mol. The summed E-state index contributed by atoms with van der Waals surface area (Å²) in [6.45, 7) is 8.39. The Hall–Kier alpha value is -2.55. The van der Waals surface area contributed by atoms with Crippen molar-refractivity contribution in [2.75, 3.05) is 58.3 Å². The molecular formula is C39H58FN7O2. The van der Waals surface area contributed by atoms with Crippen molar-refractivity contribution in [1.82, 2.24) is 24.9 Å². The Kier molecular flexibility index (Phi) is 10.7. The Morgan fingerprint density at radius 3 is 2.61 bits per heavy atom. The number of hydrogen-bond donors (Lipinski definition) is 1. The fraction of sp³-hybridized carbons (Fsp3) is 0.744. The second-order valence-electron chi connectivity index (χ2n) is 16.0. The minimum Gasteiger partial charge on any atom is -0.373 e. The van der Waals surface area contributed by atoms with E-state index in [1.54, 1.807) is 6.07 Å². The quantitative estimate of drug-likeness (QED) is 0.404. The molecule has 4 heterocycles. The monoisotopic (exact) mass is 675 g/mol. The van der Waals surface area contributed by atoms with Crippen molar-refractivity contribution in [3.05, 3.63) is 42.2 Å². The number of halogens is 1. The molecule has 268 valence electrons. The SMILES string of the molecule is C=CC(=O)N1CCN(C2C3CC[C@]4(CC3NC(OC[C@H]3CCCN3C)N2C2CCCCCCC2)CN(C)c2cccc(F)c24)C[C@H]1CC#N. The number of nitrogens with zero attached hydrogens (tertiary/aromatic N) is 6. The van der Waals surface area contributed by atoms with Crippen LogP contribution in [-0.2, 0) is 14.9 Å². The van der Waals surface area contributed by atoms with Gasteiger partial charge in [0.25, 0.3) is 0 Å². The van der Waals surface area contributed by atoms with Crippen LogP contribution < -0.4 is 10.2 Å². The average molecular weight is 676 g/mol. The van der Waals surface area contributed by atoms with Gasteiger partial charge in [0.2, 0.25) is 5.91 Å². The van der Waals surface area contributed by atoms with Crippen LogP contribution in [0.2, 0.25) is 0 Å². The van der Waals surface area contributed by atoms with Crippen molar-refractivity contribution < 1.29 is 13.9 Å². The zero-order valence-corrected chi connectivity index (χ0v) is 29.9. The summed E-state index contributed by atoms with van der Waals surface area (Å²) in [5.41, 5.74) is 1.68. The van der Waals surface area contributed by atoms with Crippen LogP contribution in [0.4, 0.5) is 10.1 Å². The number of piperazine rings is 1. The Bertz CT molecular complexity index is 1380. The second-order valence-corrected chi connectivity index (χ2v) is 16.0. The molecule has 9 nitrogen and oxygen atoms in total. The first-order chi connectivity index (χ1) is 23.8. The first-order valence-electron chi connectivity index (χ1n) is 19.2. The number of nitrogens with one attached hydrogen (secondary N) is 1. The van der Waals surface area contributed by atoms with Gasteiger partial charge < -0.3 is 19.4 Å². The predicted octanol–water partition coefficient (Wildman–Crippen LogP) is 5.03. The molecule has 7 atom stereocenters. The molecule has 1 aromatic carbocycles. The van der Waals surface area contributed by atoms with E-state index >= 15 is 4.39 Å². The zero-order chi connectivity index (χ0) is 34.1. The van der Waals surface area contributed by atoms with Gasteiger partial charge in [-0.15, -0.1) is 0 Å². The van der Waals surface area contributed by atoms with E-state index in [0.29, 0.717) is 44.1 Å². The van der Waals surface area contributed by atoms with E-state index in [-0.39, 0.29) is 41.7 Å². The fourth-order valence-electron chi connectivity index (χ4n) is 10.8. The Labute approximate surface area is 293 Å². The van der Waals surface area contributed by atoms with Gasteiger partial charge in [-0.1, -0.05) is 44.7 Å². The summed E-state index contributed by atoms with van der Waals surface area (Å²) in [4.78, 5) is 24.8. The summed E-state index contributed by atoms with van der Waals surface area (Å²) in [7, 11) is 4.32. The van der Waals surface area contributed by atoms with Crippen LogP contribution in [0, 0.1) is 23.1 Å². The van der Waals surface area contributed by atoms with Gasteiger partial charge in [0.05, 0.1) is 31.3 Å². The normalized spacial score (nSPS) is 35.1. The molecule has 5 fully saturated rings. The van der Waals surface area contributed by atoms with Crippen LogP contribution in [0.1, 0.15) is 89.0 Å². The number of amides is 1. The molecule has 1 N–H and O–H groups in total. The maximum Gasteiger partial charge on any atom is 0.246 e. The number of likely N-dealkylation sites (N-methyl/N-ethyl adjacent to an activating group) is 2.